The summed E-state index contributed by atoms with van der Waals surface area (Å²) < 4.78 is 0. The van der Waals surface area contributed by atoms with E-state index in [-0.39, 0.29) is 35.0 Å². The van der Waals surface area contributed by atoms with Gasteiger partial charge < -0.3 is 20.4 Å². The molecular formula is C26H42N4O2. The summed E-state index contributed by atoms with van der Waals surface area (Å²) in [5.74, 6) is 0.109. The van der Waals surface area contributed by atoms with Crippen LogP contribution in [0.4, 0.5) is 10.5 Å². The number of nitrogens with zero attached hydrogens (tertiary/aromatic N) is 2. The maximum Gasteiger partial charge on any atom is 0.321 e. The molecule has 1 unspecified atom stereocenters. The van der Waals surface area contributed by atoms with Gasteiger partial charge in [0.15, 0.2) is 0 Å². The molecule has 3 rings (SSSR count). The van der Waals surface area contributed by atoms with Crippen molar-refractivity contribution in [1.29, 1.82) is 0 Å². The first-order valence-corrected chi connectivity index (χ1v) is 12.3. The number of piperidine rings is 2. The van der Waals surface area contributed by atoms with Crippen LogP contribution >= 0.6 is 0 Å². The lowest BCUT2D eigenvalue weighted by Gasteiger charge is -2.50. The van der Waals surface area contributed by atoms with E-state index in [4.69, 9.17) is 0 Å². The van der Waals surface area contributed by atoms with Gasteiger partial charge in [-0.1, -0.05) is 31.5 Å². The highest BCUT2D eigenvalue weighted by molar-refractivity contribution is 5.90. The summed E-state index contributed by atoms with van der Waals surface area (Å²) in [7, 11) is 0. The Morgan fingerprint density at radius 2 is 1.78 bits per heavy atom. The number of nitrogens with one attached hydrogen (secondary N) is 2. The van der Waals surface area contributed by atoms with E-state index in [0.29, 0.717) is 13.1 Å². The van der Waals surface area contributed by atoms with E-state index < -0.39 is 0 Å². The number of carbonyl (C=O) groups excluding carboxylic acids is 2. The number of urea groups is 1. The Hall–Kier alpha value is -2.08. The number of likely N-dealkylation sites (tertiary alicyclic amines) is 1. The van der Waals surface area contributed by atoms with Gasteiger partial charge in [-0.3, -0.25) is 4.79 Å². The average Bonchev–Trinajstić information content (AvgIpc) is 2.72. The molecule has 0 aliphatic carbocycles. The van der Waals surface area contributed by atoms with Crippen molar-refractivity contribution in [2.24, 2.45) is 5.92 Å². The number of benzene rings is 1. The second kappa shape index (κ2) is 10.2. The molecule has 2 fully saturated rings. The predicted molar refractivity (Wildman–Crippen MR) is 131 cm³/mol. The first-order chi connectivity index (χ1) is 15.1. The number of unbranched alkanes of at least 4 members (excludes halogenated alkanes) is 1. The number of carbonyl (C=O) groups is 2. The van der Waals surface area contributed by atoms with Gasteiger partial charge in [-0.2, -0.15) is 0 Å². The molecule has 3 amide bonds. The van der Waals surface area contributed by atoms with Gasteiger partial charge in [-0.05, 0) is 71.9 Å². The molecule has 0 saturated carbocycles. The van der Waals surface area contributed by atoms with E-state index in [1.54, 1.807) is 0 Å². The largest absolute Gasteiger partial charge is 0.339 e. The summed E-state index contributed by atoms with van der Waals surface area (Å²) >= 11 is 0. The maximum atomic E-state index is 13.8. The topological polar surface area (TPSA) is 64.7 Å². The number of hydrogen-bond donors (Lipinski definition) is 2. The Morgan fingerprint density at radius 3 is 2.41 bits per heavy atom. The first-order valence-electron chi connectivity index (χ1n) is 12.3. The summed E-state index contributed by atoms with van der Waals surface area (Å²) in [6, 6.07) is 9.64. The van der Waals surface area contributed by atoms with E-state index in [0.717, 1.165) is 50.8 Å². The first kappa shape index (κ1) is 24.6. The molecule has 2 aliphatic rings. The van der Waals surface area contributed by atoms with Crippen molar-refractivity contribution in [3.8, 4) is 0 Å². The van der Waals surface area contributed by atoms with Gasteiger partial charge in [-0.15, -0.1) is 0 Å². The van der Waals surface area contributed by atoms with Gasteiger partial charge >= 0.3 is 6.03 Å². The van der Waals surface area contributed by atoms with E-state index in [9.17, 15) is 9.59 Å². The van der Waals surface area contributed by atoms with Gasteiger partial charge in [0.05, 0.1) is 5.92 Å². The van der Waals surface area contributed by atoms with Crippen LogP contribution in [0.5, 0.6) is 0 Å². The number of para-hydroxylation sites is 1. The van der Waals surface area contributed by atoms with Crippen LogP contribution in [0.25, 0.3) is 0 Å². The molecule has 6 nitrogen and oxygen atoms in total. The molecule has 2 heterocycles. The Labute approximate surface area is 194 Å². The summed E-state index contributed by atoms with van der Waals surface area (Å²) in [6.07, 6.45) is 5.71. The van der Waals surface area contributed by atoms with Crippen molar-refractivity contribution in [2.75, 3.05) is 25.0 Å². The number of anilines is 1. The normalized spacial score (nSPS) is 22.9. The lowest BCUT2D eigenvalue weighted by Crippen LogP contribution is -2.63. The Morgan fingerprint density at radius 1 is 1.12 bits per heavy atom. The zero-order chi connectivity index (χ0) is 23.4. The molecule has 1 atom stereocenters. The highest BCUT2D eigenvalue weighted by Gasteiger charge is 2.42. The molecule has 178 valence electrons. The highest BCUT2D eigenvalue weighted by Crippen LogP contribution is 2.33. The summed E-state index contributed by atoms with van der Waals surface area (Å²) in [6.45, 7) is 13.1. The standard InChI is InChI=1S/C26H42N4O2/c1-6-7-16-30(22-17-25(2,3)28-26(4,5)18-22)23(31)20-12-11-15-29(19-20)24(32)27-21-13-9-8-10-14-21/h8-10,13-14,20,22,28H,6-7,11-12,15-19H2,1-5H3,(H,27,32). The summed E-state index contributed by atoms with van der Waals surface area (Å²) in [4.78, 5) is 30.6. The fourth-order valence-electron chi connectivity index (χ4n) is 5.61. The van der Waals surface area contributed by atoms with Crippen LogP contribution in [0.1, 0.15) is 73.1 Å². The van der Waals surface area contributed by atoms with Gasteiger partial charge in [0.2, 0.25) is 5.91 Å². The minimum absolute atomic E-state index is 0.00860. The molecule has 32 heavy (non-hydrogen) atoms. The number of amides is 3. The van der Waals surface area contributed by atoms with Gasteiger partial charge in [-0.25, -0.2) is 4.79 Å². The average molecular weight is 443 g/mol. The second-order valence-corrected chi connectivity index (χ2v) is 10.9. The molecular weight excluding hydrogens is 400 g/mol. The third-order valence-corrected chi connectivity index (χ3v) is 6.73. The van der Waals surface area contributed by atoms with Crippen molar-refractivity contribution in [2.45, 2.75) is 90.3 Å². The van der Waals surface area contributed by atoms with Crippen LogP contribution in [0.15, 0.2) is 30.3 Å². The van der Waals surface area contributed by atoms with E-state index in [1.165, 1.54) is 0 Å². The van der Waals surface area contributed by atoms with E-state index >= 15 is 0 Å². The molecule has 2 aliphatic heterocycles. The lowest BCUT2D eigenvalue weighted by atomic mass is 9.78. The quantitative estimate of drug-likeness (QED) is 0.661. The van der Waals surface area contributed by atoms with Crippen LogP contribution in [0.2, 0.25) is 0 Å². The summed E-state index contributed by atoms with van der Waals surface area (Å²) in [5, 5.41) is 6.71. The molecule has 6 heteroatoms. The third-order valence-electron chi connectivity index (χ3n) is 6.73. The number of rotatable bonds is 6. The Balaban J connectivity index is 1.70. The molecule has 0 spiro atoms. The highest BCUT2D eigenvalue weighted by atomic mass is 16.2. The van der Waals surface area contributed by atoms with Crippen LogP contribution in [0.3, 0.4) is 0 Å². The monoisotopic (exact) mass is 442 g/mol. The molecule has 0 bridgehead atoms. The van der Waals surface area contributed by atoms with Crippen LogP contribution in [-0.4, -0.2) is 58.5 Å². The molecule has 1 aromatic carbocycles. The minimum atomic E-state index is -0.122. The second-order valence-electron chi connectivity index (χ2n) is 10.9. The van der Waals surface area contributed by atoms with Crippen molar-refractivity contribution in [1.82, 2.24) is 15.1 Å². The Kier molecular flexibility index (Phi) is 7.86. The van der Waals surface area contributed by atoms with Crippen molar-refractivity contribution >= 4 is 17.6 Å². The van der Waals surface area contributed by atoms with Crippen molar-refractivity contribution in [3.05, 3.63) is 30.3 Å². The zero-order valence-electron chi connectivity index (χ0n) is 20.6. The molecule has 2 saturated heterocycles. The molecule has 2 N–H and O–H groups in total. The smallest absolute Gasteiger partial charge is 0.321 e. The van der Waals surface area contributed by atoms with Crippen LogP contribution in [0, 0.1) is 5.92 Å². The van der Waals surface area contributed by atoms with E-state index in [1.807, 2.05) is 35.2 Å². The zero-order valence-corrected chi connectivity index (χ0v) is 20.6. The third kappa shape index (κ3) is 6.47. The van der Waals surface area contributed by atoms with Crippen molar-refractivity contribution < 1.29 is 9.59 Å². The van der Waals surface area contributed by atoms with Gasteiger partial charge in [0, 0.05) is 42.4 Å². The van der Waals surface area contributed by atoms with Gasteiger partial charge in [0.1, 0.15) is 0 Å². The van der Waals surface area contributed by atoms with Crippen LogP contribution in [-0.2, 0) is 4.79 Å². The van der Waals surface area contributed by atoms with E-state index in [2.05, 4.69) is 50.2 Å². The fourth-order valence-corrected chi connectivity index (χ4v) is 5.61. The molecule has 0 aromatic heterocycles. The molecule has 1 aromatic rings. The fraction of sp³-hybridized carbons (Fsp3) is 0.692. The lowest BCUT2D eigenvalue weighted by molar-refractivity contribution is -0.141. The minimum Gasteiger partial charge on any atom is -0.339 e. The maximum absolute atomic E-state index is 13.8. The SMILES string of the molecule is CCCCN(C(=O)C1CCCN(C(=O)Nc2ccccc2)C1)C1CC(C)(C)NC(C)(C)C1. The Bertz CT molecular complexity index is 761. The summed E-state index contributed by atoms with van der Waals surface area (Å²) in [5.41, 5.74) is 0.770. The molecule has 0 radical (unpaired) electrons. The van der Waals surface area contributed by atoms with Crippen LogP contribution < -0.4 is 10.6 Å². The number of hydrogen-bond acceptors (Lipinski definition) is 3. The predicted octanol–water partition coefficient (Wildman–Crippen LogP) is 4.87. The van der Waals surface area contributed by atoms with Crippen molar-refractivity contribution in [3.63, 3.8) is 0 Å². The van der Waals surface area contributed by atoms with Gasteiger partial charge in [0.25, 0.3) is 0 Å².